The van der Waals surface area contributed by atoms with Crippen molar-refractivity contribution in [3.05, 3.63) is 53.1 Å². The molecule has 0 spiro atoms. The maximum absolute atomic E-state index is 14.8. The molecule has 0 heterocycles. The summed E-state index contributed by atoms with van der Waals surface area (Å²) in [6.45, 7) is 5.21. The lowest BCUT2D eigenvalue weighted by Crippen LogP contribution is -2.16. The minimum atomic E-state index is -0.683. The summed E-state index contributed by atoms with van der Waals surface area (Å²) in [4.78, 5) is 0. The van der Waals surface area contributed by atoms with E-state index in [0.29, 0.717) is 23.5 Å². The highest BCUT2D eigenvalue weighted by molar-refractivity contribution is 5.67. The van der Waals surface area contributed by atoms with Crippen molar-refractivity contribution < 1.29 is 13.5 Å². The first kappa shape index (κ1) is 25.1. The molecule has 0 aromatic heterocycles. The van der Waals surface area contributed by atoms with Crippen LogP contribution >= 0.6 is 0 Å². The summed E-state index contributed by atoms with van der Waals surface area (Å²) >= 11 is 0. The van der Waals surface area contributed by atoms with Crippen molar-refractivity contribution in [1.82, 2.24) is 0 Å². The normalized spacial score (nSPS) is 24.1. The average Bonchev–Trinajstić information content (AvgIpc) is 2.81. The molecule has 1 aromatic carbocycles. The predicted octanol–water partition coefficient (Wildman–Crippen LogP) is 8.81. The van der Waals surface area contributed by atoms with Gasteiger partial charge in [0.1, 0.15) is 0 Å². The van der Waals surface area contributed by atoms with Gasteiger partial charge in [-0.3, -0.25) is 0 Å². The first-order chi connectivity index (χ1) is 15.6. The van der Waals surface area contributed by atoms with Gasteiger partial charge in [0.15, 0.2) is 11.6 Å². The van der Waals surface area contributed by atoms with Gasteiger partial charge in [-0.05, 0) is 87.2 Å². The summed E-state index contributed by atoms with van der Waals surface area (Å²) in [5.74, 6) is 0.231. The van der Waals surface area contributed by atoms with E-state index in [-0.39, 0.29) is 6.10 Å². The summed E-state index contributed by atoms with van der Waals surface area (Å²) in [5, 5.41) is 0. The first-order valence-corrected chi connectivity index (χ1v) is 13.1. The van der Waals surface area contributed by atoms with Crippen LogP contribution in [0.5, 0.6) is 0 Å². The number of aryl methyl sites for hydroxylation is 1. The van der Waals surface area contributed by atoms with Gasteiger partial charge in [-0.15, -0.1) is 0 Å². The van der Waals surface area contributed by atoms with Gasteiger partial charge in [0.05, 0.1) is 6.10 Å². The van der Waals surface area contributed by atoms with Crippen LogP contribution in [0.1, 0.15) is 102 Å². The Morgan fingerprint density at radius 1 is 1.00 bits per heavy atom. The standard InChI is InChI=1S/C29H42F2O/c1-3-5-21-32-26-18-15-24(16-19-26)27-20-17-25(28(30)29(27)31)10-7-6-9-23-13-11-22(8-4-2)12-14-23/h6,9,15,17,20,22-23,26H,3-5,7-8,10-14,16,18-19,21H2,1-2H3. The van der Waals surface area contributed by atoms with Crippen LogP contribution in [-0.4, -0.2) is 12.7 Å². The largest absolute Gasteiger partial charge is 0.378 e. The van der Waals surface area contributed by atoms with E-state index in [4.69, 9.17) is 4.74 Å². The van der Waals surface area contributed by atoms with Crippen LogP contribution in [0.2, 0.25) is 0 Å². The third-order valence-corrected chi connectivity index (χ3v) is 7.30. The van der Waals surface area contributed by atoms with Gasteiger partial charge in [-0.25, -0.2) is 8.78 Å². The second kappa shape index (κ2) is 13.3. The van der Waals surface area contributed by atoms with Crippen molar-refractivity contribution in [3.8, 4) is 0 Å². The van der Waals surface area contributed by atoms with Gasteiger partial charge < -0.3 is 4.74 Å². The van der Waals surface area contributed by atoms with Crippen molar-refractivity contribution in [3.63, 3.8) is 0 Å². The smallest absolute Gasteiger partial charge is 0.166 e. The second-order valence-corrected chi connectivity index (χ2v) is 9.79. The summed E-state index contributed by atoms with van der Waals surface area (Å²) in [7, 11) is 0. The van der Waals surface area contributed by atoms with Crippen LogP contribution in [0.25, 0.3) is 5.57 Å². The van der Waals surface area contributed by atoms with Crippen molar-refractivity contribution in [2.24, 2.45) is 11.8 Å². The summed E-state index contributed by atoms with van der Waals surface area (Å²) < 4.78 is 35.4. The highest BCUT2D eigenvalue weighted by atomic mass is 19.2. The van der Waals surface area contributed by atoms with Gasteiger partial charge in [0.2, 0.25) is 0 Å². The topological polar surface area (TPSA) is 9.23 Å². The molecule has 0 saturated heterocycles. The van der Waals surface area contributed by atoms with Crippen LogP contribution in [0, 0.1) is 23.5 Å². The Labute approximate surface area is 194 Å². The number of hydrogen-bond acceptors (Lipinski definition) is 1. The van der Waals surface area contributed by atoms with Crippen LogP contribution in [0.3, 0.4) is 0 Å². The summed E-state index contributed by atoms with van der Waals surface area (Å²) in [5.41, 5.74) is 1.83. The van der Waals surface area contributed by atoms with Gasteiger partial charge in [-0.1, -0.05) is 63.5 Å². The lowest BCUT2D eigenvalue weighted by atomic mass is 9.80. The summed E-state index contributed by atoms with van der Waals surface area (Å²) in [6, 6.07) is 3.55. The molecule has 0 bridgehead atoms. The molecule has 178 valence electrons. The molecule has 0 aliphatic heterocycles. The number of benzene rings is 1. The Morgan fingerprint density at radius 2 is 1.81 bits per heavy atom. The molecule has 0 amide bonds. The molecule has 1 aromatic rings. The fourth-order valence-corrected chi connectivity index (χ4v) is 5.24. The zero-order valence-corrected chi connectivity index (χ0v) is 20.2. The van der Waals surface area contributed by atoms with E-state index in [1.807, 2.05) is 6.08 Å². The molecule has 3 heteroatoms. The Balaban J connectivity index is 1.48. The monoisotopic (exact) mass is 444 g/mol. The number of unbranched alkanes of at least 4 members (excludes halogenated alkanes) is 1. The molecule has 2 aliphatic carbocycles. The van der Waals surface area contributed by atoms with Crippen molar-refractivity contribution in [2.45, 2.75) is 103 Å². The molecule has 32 heavy (non-hydrogen) atoms. The van der Waals surface area contributed by atoms with E-state index >= 15 is 0 Å². The Kier molecular flexibility index (Phi) is 10.4. The Morgan fingerprint density at radius 3 is 2.50 bits per heavy atom. The maximum atomic E-state index is 14.8. The highest BCUT2D eigenvalue weighted by Crippen LogP contribution is 2.33. The van der Waals surface area contributed by atoms with E-state index in [1.165, 1.54) is 38.5 Å². The van der Waals surface area contributed by atoms with Crippen molar-refractivity contribution in [1.29, 1.82) is 0 Å². The van der Waals surface area contributed by atoms with E-state index in [9.17, 15) is 8.78 Å². The highest BCUT2D eigenvalue weighted by Gasteiger charge is 2.21. The molecule has 0 radical (unpaired) electrons. The molecule has 2 aliphatic rings. The lowest BCUT2D eigenvalue weighted by molar-refractivity contribution is 0.0466. The SMILES string of the molecule is CCCCOC1CC=C(c2ccc(CCC=CC3CCC(CCC)CC3)c(F)c2F)CC1. The first-order valence-electron chi connectivity index (χ1n) is 13.1. The fourth-order valence-electron chi connectivity index (χ4n) is 5.24. The molecule has 3 rings (SSSR count). The number of allylic oxidation sites excluding steroid dienone is 3. The second-order valence-electron chi connectivity index (χ2n) is 9.79. The van der Waals surface area contributed by atoms with Crippen LogP contribution in [0.15, 0.2) is 30.4 Å². The van der Waals surface area contributed by atoms with E-state index in [1.54, 1.807) is 12.1 Å². The molecular formula is C29H42F2O. The Bertz CT molecular complexity index is 759. The number of ether oxygens (including phenoxy) is 1. The van der Waals surface area contributed by atoms with Gasteiger partial charge >= 0.3 is 0 Å². The molecular weight excluding hydrogens is 402 g/mol. The molecule has 1 unspecified atom stereocenters. The average molecular weight is 445 g/mol. The molecule has 1 nitrogen and oxygen atoms in total. The number of rotatable bonds is 11. The van der Waals surface area contributed by atoms with E-state index in [0.717, 1.165) is 56.6 Å². The van der Waals surface area contributed by atoms with Crippen LogP contribution in [0.4, 0.5) is 8.78 Å². The minimum Gasteiger partial charge on any atom is -0.378 e. The zero-order chi connectivity index (χ0) is 22.8. The quantitative estimate of drug-likeness (QED) is 0.245. The summed E-state index contributed by atoms with van der Waals surface area (Å²) in [6.07, 6.45) is 20.6. The molecule has 1 fully saturated rings. The van der Waals surface area contributed by atoms with Crippen molar-refractivity contribution in [2.75, 3.05) is 6.61 Å². The van der Waals surface area contributed by atoms with Gasteiger partial charge in [-0.2, -0.15) is 0 Å². The van der Waals surface area contributed by atoms with Gasteiger partial charge in [0.25, 0.3) is 0 Å². The fraction of sp³-hybridized carbons (Fsp3) is 0.655. The third kappa shape index (κ3) is 7.27. The third-order valence-electron chi connectivity index (χ3n) is 7.30. The van der Waals surface area contributed by atoms with Crippen LogP contribution in [-0.2, 0) is 11.2 Å². The van der Waals surface area contributed by atoms with E-state index in [2.05, 4.69) is 26.0 Å². The van der Waals surface area contributed by atoms with Crippen LogP contribution < -0.4 is 0 Å². The minimum absolute atomic E-state index is 0.214. The molecule has 1 atom stereocenters. The zero-order valence-electron chi connectivity index (χ0n) is 20.2. The van der Waals surface area contributed by atoms with Gasteiger partial charge in [0, 0.05) is 12.2 Å². The predicted molar refractivity (Wildman–Crippen MR) is 131 cm³/mol. The molecule has 1 saturated carbocycles. The maximum Gasteiger partial charge on any atom is 0.166 e. The number of hydrogen-bond donors (Lipinski definition) is 0. The molecule has 0 N–H and O–H groups in total. The Hall–Kier alpha value is -1.48. The number of halogens is 2. The van der Waals surface area contributed by atoms with Crippen molar-refractivity contribution >= 4 is 5.57 Å². The lowest BCUT2D eigenvalue weighted by Gasteiger charge is -2.26. The van der Waals surface area contributed by atoms with E-state index < -0.39 is 11.6 Å².